The zero-order valence-corrected chi connectivity index (χ0v) is 14.6. The van der Waals surface area contributed by atoms with Crippen LogP contribution in [0.5, 0.6) is 5.75 Å². The van der Waals surface area contributed by atoms with Gasteiger partial charge in [0.15, 0.2) is 6.61 Å². The van der Waals surface area contributed by atoms with Crippen molar-refractivity contribution in [3.05, 3.63) is 42.5 Å². The Kier molecular flexibility index (Phi) is 6.03. The first-order valence-corrected chi connectivity index (χ1v) is 8.49. The van der Waals surface area contributed by atoms with Crippen LogP contribution < -0.4 is 4.74 Å². The molecule has 0 aliphatic rings. The van der Waals surface area contributed by atoms with Crippen LogP contribution in [0.1, 0.15) is 40.5 Å². The lowest BCUT2D eigenvalue weighted by atomic mass is 10.1. The molecule has 3 nitrogen and oxygen atoms in total. The molecule has 124 valence electrons. The fourth-order valence-electron chi connectivity index (χ4n) is 2.80. The molecular weight excluding hydrogens is 286 g/mol. The highest BCUT2D eigenvalue weighted by molar-refractivity contribution is 5.84. The fraction of sp³-hybridized carbons (Fsp3) is 0.450. The summed E-state index contributed by atoms with van der Waals surface area (Å²) in [6.07, 6.45) is 1.90. The van der Waals surface area contributed by atoms with Crippen molar-refractivity contribution in [3.63, 3.8) is 0 Å². The average molecular weight is 313 g/mol. The van der Waals surface area contributed by atoms with Crippen LogP contribution in [-0.4, -0.2) is 29.5 Å². The first-order chi connectivity index (χ1) is 11.1. The van der Waals surface area contributed by atoms with Crippen LogP contribution >= 0.6 is 0 Å². The van der Waals surface area contributed by atoms with Gasteiger partial charge in [0.25, 0.3) is 5.91 Å². The molecule has 0 N–H and O–H groups in total. The Hall–Kier alpha value is -2.03. The second-order valence-electron chi connectivity index (χ2n) is 6.11. The number of hydrogen-bond acceptors (Lipinski definition) is 2. The largest absolute Gasteiger partial charge is 0.484 e. The van der Waals surface area contributed by atoms with Gasteiger partial charge in [-0.1, -0.05) is 44.2 Å². The predicted molar refractivity (Wildman–Crippen MR) is 95.8 cm³/mol. The van der Waals surface area contributed by atoms with Crippen LogP contribution in [0.25, 0.3) is 10.8 Å². The van der Waals surface area contributed by atoms with Crippen molar-refractivity contribution in [2.24, 2.45) is 0 Å². The quantitative estimate of drug-likeness (QED) is 0.745. The molecule has 2 rings (SSSR count). The van der Waals surface area contributed by atoms with Crippen molar-refractivity contribution in [3.8, 4) is 5.75 Å². The fourth-order valence-corrected chi connectivity index (χ4v) is 2.80. The first-order valence-electron chi connectivity index (χ1n) is 8.49. The number of benzene rings is 2. The van der Waals surface area contributed by atoms with Crippen molar-refractivity contribution < 1.29 is 9.53 Å². The van der Waals surface area contributed by atoms with Gasteiger partial charge in [0.05, 0.1) is 0 Å². The van der Waals surface area contributed by atoms with E-state index < -0.39 is 0 Å². The lowest BCUT2D eigenvalue weighted by molar-refractivity contribution is -0.137. The summed E-state index contributed by atoms with van der Waals surface area (Å²) in [7, 11) is 0. The number of rotatable bonds is 7. The van der Waals surface area contributed by atoms with Gasteiger partial charge < -0.3 is 9.64 Å². The summed E-state index contributed by atoms with van der Waals surface area (Å²) >= 11 is 0. The van der Waals surface area contributed by atoms with Gasteiger partial charge in [-0.25, -0.2) is 0 Å². The second kappa shape index (κ2) is 8.00. The summed E-state index contributed by atoms with van der Waals surface area (Å²) in [4.78, 5) is 14.5. The third-order valence-corrected chi connectivity index (χ3v) is 4.50. The van der Waals surface area contributed by atoms with E-state index in [-0.39, 0.29) is 24.6 Å². The molecule has 0 radical (unpaired) electrons. The Labute approximate surface area is 139 Å². The Bertz CT molecular complexity index is 643. The molecule has 1 amide bonds. The molecule has 0 spiro atoms. The molecule has 23 heavy (non-hydrogen) atoms. The third kappa shape index (κ3) is 4.25. The minimum Gasteiger partial charge on any atom is -0.484 e. The highest BCUT2D eigenvalue weighted by Crippen LogP contribution is 2.21. The number of ether oxygens (including phenoxy) is 1. The summed E-state index contributed by atoms with van der Waals surface area (Å²) in [5, 5.41) is 2.30. The van der Waals surface area contributed by atoms with Crippen LogP contribution in [-0.2, 0) is 4.79 Å². The van der Waals surface area contributed by atoms with Crippen LogP contribution in [0.15, 0.2) is 42.5 Å². The molecule has 0 aromatic heterocycles. The van der Waals surface area contributed by atoms with E-state index in [1.54, 1.807) is 0 Å². The summed E-state index contributed by atoms with van der Waals surface area (Å²) in [5.74, 6) is 0.798. The topological polar surface area (TPSA) is 29.5 Å². The molecule has 0 aliphatic carbocycles. The standard InChI is InChI=1S/C20H27NO2/c1-5-15(3)21(16(4)6-2)20(22)14-23-19-12-11-17-9-7-8-10-18(17)13-19/h7-13,15-16H,5-6,14H2,1-4H3. The average Bonchev–Trinajstić information content (AvgIpc) is 2.59. The van der Waals surface area contributed by atoms with E-state index in [1.165, 1.54) is 5.39 Å². The SMILES string of the molecule is CCC(C)N(C(=O)COc1ccc2ccccc2c1)C(C)CC. The van der Waals surface area contributed by atoms with E-state index in [1.807, 2.05) is 35.2 Å². The van der Waals surface area contributed by atoms with E-state index in [9.17, 15) is 4.79 Å². The number of nitrogens with zero attached hydrogens (tertiary/aromatic N) is 1. The Morgan fingerprint density at radius 2 is 1.61 bits per heavy atom. The molecule has 0 heterocycles. The smallest absolute Gasteiger partial charge is 0.260 e. The van der Waals surface area contributed by atoms with Gasteiger partial charge in [0.1, 0.15) is 5.75 Å². The Balaban J connectivity index is 2.06. The third-order valence-electron chi connectivity index (χ3n) is 4.50. The van der Waals surface area contributed by atoms with Gasteiger partial charge >= 0.3 is 0 Å². The number of amides is 1. The van der Waals surface area contributed by atoms with Gasteiger partial charge in [0.2, 0.25) is 0 Å². The maximum Gasteiger partial charge on any atom is 0.260 e. The van der Waals surface area contributed by atoms with Gasteiger partial charge in [-0.2, -0.15) is 0 Å². The predicted octanol–water partition coefficient (Wildman–Crippen LogP) is 4.64. The van der Waals surface area contributed by atoms with Gasteiger partial charge in [0, 0.05) is 12.1 Å². The lowest BCUT2D eigenvalue weighted by Crippen LogP contribution is -2.46. The van der Waals surface area contributed by atoms with Crippen LogP contribution in [0.2, 0.25) is 0 Å². The molecule has 0 saturated carbocycles. The van der Waals surface area contributed by atoms with Gasteiger partial charge in [-0.05, 0) is 49.6 Å². The van der Waals surface area contributed by atoms with Gasteiger partial charge in [-0.3, -0.25) is 4.79 Å². The number of fused-ring (bicyclic) bond motifs is 1. The van der Waals surface area contributed by atoms with E-state index in [0.717, 1.165) is 24.0 Å². The maximum atomic E-state index is 12.6. The Morgan fingerprint density at radius 1 is 1.00 bits per heavy atom. The van der Waals surface area contributed by atoms with Crippen LogP contribution in [0.3, 0.4) is 0 Å². The molecule has 3 heteroatoms. The molecule has 0 fully saturated rings. The lowest BCUT2D eigenvalue weighted by Gasteiger charge is -2.33. The highest BCUT2D eigenvalue weighted by Gasteiger charge is 2.23. The van der Waals surface area contributed by atoms with Crippen LogP contribution in [0.4, 0.5) is 0 Å². The van der Waals surface area contributed by atoms with Crippen molar-refractivity contribution in [2.75, 3.05) is 6.61 Å². The van der Waals surface area contributed by atoms with Crippen molar-refractivity contribution in [1.82, 2.24) is 4.90 Å². The summed E-state index contributed by atoms with van der Waals surface area (Å²) in [5.41, 5.74) is 0. The second-order valence-corrected chi connectivity index (χ2v) is 6.11. The summed E-state index contributed by atoms with van der Waals surface area (Å²) < 4.78 is 5.75. The zero-order valence-electron chi connectivity index (χ0n) is 14.6. The van der Waals surface area contributed by atoms with Crippen molar-refractivity contribution >= 4 is 16.7 Å². The molecule has 2 aromatic carbocycles. The normalized spacial score (nSPS) is 13.6. The number of carbonyl (C=O) groups is 1. The molecule has 2 unspecified atom stereocenters. The summed E-state index contributed by atoms with van der Waals surface area (Å²) in [6.45, 7) is 8.50. The molecule has 0 bridgehead atoms. The molecule has 2 aromatic rings. The minimum atomic E-state index is 0.0573. The van der Waals surface area contributed by atoms with E-state index in [2.05, 4.69) is 39.8 Å². The number of hydrogen-bond donors (Lipinski definition) is 0. The summed E-state index contributed by atoms with van der Waals surface area (Å²) in [6, 6.07) is 14.5. The first kappa shape index (κ1) is 17.3. The van der Waals surface area contributed by atoms with Crippen LogP contribution in [0, 0.1) is 0 Å². The van der Waals surface area contributed by atoms with E-state index in [0.29, 0.717) is 0 Å². The zero-order chi connectivity index (χ0) is 16.8. The Morgan fingerprint density at radius 3 is 2.22 bits per heavy atom. The van der Waals surface area contributed by atoms with Crippen molar-refractivity contribution in [2.45, 2.75) is 52.6 Å². The van der Waals surface area contributed by atoms with E-state index >= 15 is 0 Å². The minimum absolute atomic E-state index is 0.0573. The molecule has 0 saturated heterocycles. The van der Waals surface area contributed by atoms with E-state index in [4.69, 9.17) is 4.74 Å². The molecular formula is C20H27NO2. The highest BCUT2D eigenvalue weighted by atomic mass is 16.5. The molecule has 2 atom stereocenters. The van der Waals surface area contributed by atoms with Gasteiger partial charge in [-0.15, -0.1) is 0 Å². The van der Waals surface area contributed by atoms with Crippen molar-refractivity contribution in [1.29, 1.82) is 0 Å². The molecule has 0 aliphatic heterocycles. The number of carbonyl (C=O) groups excluding carboxylic acids is 1. The monoisotopic (exact) mass is 313 g/mol. The maximum absolute atomic E-state index is 12.6.